The van der Waals surface area contributed by atoms with Gasteiger partial charge in [0.05, 0.1) is 13.1 Å². The quantitative estimate of drug-likeness (QED) is 0.438. The number of aliphatic carboxylic acids is 1. The largest absolute Gasteiger partial charge is 0.490 e. The van der Waals surface area contributed by atoms with Gasteiger partial charge in [-0.05, 0) is 29.8 Å². The number of thiophene rings is 1. The average Bonchev–Trinajstić information content (AvgIpc) is 3.44. The Bertz CT molecular complexity index is 1340. The minimum atomic E-state index is -5.08. The summed E-state index contributed by atoms with van der Waals surface area (Å²) in [6, 6.07) is 11.1. The molecule has 0 aliphatic heterocycles. The predicted octanol–water partition coefficient (Wildman–Crippen LogP) is 3.27. The van der Waals surface area contributed by atoms with Gasteiger partial charge in [-0.1, -0.05) is 12.1 Å². The van der Waals surface area contributed by atoms with Crippen molar-refractivity contribution in [1.82, 2.24) is 19.2 Å². The van der Waals surface area contributed by atoms with Gasteiger partial charge in [-0.2, -0.15) is 27.1 Å². The standard InChI is InChI=1S/C20H21F2N5O2S.C2HF3O2/c1-25(2)19(28)14-5-3-4-13(8-14)17-7-6-16(30-17)11-26-12-24-27(20(26)29)10-15(9-23)18(21)22;3-2(4,5)1(6)7/h3-8,12H,9-11,23H2,1-2H3;(H,6,7). The van der Waals surface area contributed by atoms with Gasteiger partial charge in [0.25, 0.3) is 12.0 Å². The third-order valence-electron chi connectivity index (χ3n) is 4.68. The highest BCUT2D eigenvalue weighted by molar-refractivity contribution is 7.15. The molecule has 15 heteroatoms. The fourth-order valence-corrected chi connectivity index (χ4v) is 3.82. The Hall–Kier alpha value is -3.85. The van der Waals surface area contributed by atoms with Crippen molar-refractivity contribution in [2.45, 2.75) is 19.3 Å². The molecule has 0 saturated heterocycles. The zero-order chi connectivity index (χ0) is 27.9. The lowest BCUT2D eigenvalue weighted by Crippen LogP contribution is -2.27. The maximum atomic E-state index is 12.8. The molecule has 0 aliphatic rings. The number of carbonyl (C=O) groups is 2. The molecule has 37 heavy (non-hydrogen) atoms. The van der Waals surface area contributed by atoms with E-state index in [9.17, 15) is 31.5 Å². The third-order valence-corrected chi connectivity index (χ3v) is 5.80. The Morgan fingerprint density at radius 2 is 1.81 bits per heavy atom. The Labute approximate surface area is 210 Å². The van der Waals surface area contributed by atoms with Gasteiger partial charge < -0.3 is 15.7 Å². The molecular formula is C22H22F5N5O4S. The minimum absolute atomic E-state index is 0.0804. The smallest absolute Gasteiger partial charge is 0.475 e. The fourth-order valence-electron chi connectivity index (χ4n) is 2.82. The first-order valence-electron chi connectivity index (χ1n) is 10.3. The summed E-state index contributed by atoms with van der Waals surface area (Å²) < 4.78 is 59.6. The molecule has 3 N–H and O–H groups in total. The molecule has 0 radical (unpaired) electrons. The van der Waals surface area contributed by atoms with Crippen LogP contribution in [-0.2, 0) is 17.9 Å². The lowest BCUT2D eigenvalue weighted by molar-refractivity contribution is -0.192. The zero-order valence-corrected chi connectivity index (χ0v) is 20.3. The number of halogens is 5. The molecular weight excluding hydrogens is 525 g/mol. The number of carboxylic acids is 1. The molecule has 3 aromatic rings. The number of rotatable bonds is 7. The minimum Gasteiger partial charge on any atom is -0.475 e. The molecule has 0 fully saturated rings. The molecule has 9 nitrogen and oxygen atoms in total. The van der Waals surface area contributed by atoms with Crippen molar-refractivity contribution in [3.8, 4) is 10.4 Å². The molecule has 200 valence electrons. The van der Waals surface area contributed by atoms with Crippen LogP contribution in [0, 0.1) is 0 Å². The summed E-state index contributed by atoms with van der Waals surface area (Å²) in [6.45, 7) is -0.419. The second kappa shape index (κ2) is 12.4. The number of nitrogens with two attached hydrogens (primary N) is 1. The van der Waals surface area contributed by atoms with Gasteiger partial charge in [-0.15, -0.1) is 11.3 Å². The average molecular weight is 548 g/mol. The van der Waals surface area contributed by atoms with Crippen LogP contribution in [0.1, 0.15) is 15.2 Å². The highest BCUT2D eigenvalue weighted by Gasteiger charge is 2.38. The number of hydrogen-bond acceptors (Lipinski definition) is 6. The van der Waals surface area contributed by atoms with Gasteiger partial charge in [-0.3, -0.25) is 9.36 Å². The molecule has 0 unspecified atom stereocenters. The molecule has 3 rings (SSSR count). The lowest BCUT2D eigenvalue weighted by Gasteiger charge is -2.10. The summed E-state index contributed by atoms with van der Waals surface area (Å²) in [4.78, 5) is 36.9. The van der Waals surface area contributed by atoms with Gasteiger partial charge in [0, 0.05) is 41.5 Å². The SMILES string of the molecule is CN(C)C(=O)c1cccc(-c2ccc(Cn3cnn(CC(CN)=C(F)F)c3=O)s2)c1.O=C(O)C(F)(F)F. The maximum Gasteiger partial charge on any atom is 0.490 e. The topological polar surface area (TPSA) is 123 Å². The Morgan fingerprint density at radius 1 is 1.16 bits per heavy atom. The predicted molar refractivity (Wildman–Crippen MR) is 125 cm³/mol. The van der Waals surface area contributed by atoms with E-state index in [1.165, 1.54) is 27.1 Å². The summed E-state index contributed by atoms with van der Waals surface area (Å²) in [7, 11) is 3.40. The zero-order valence-electron chi connectivity index (χ0n) is 19.5. The molecule has 0 bridgehead atoms. The van der Waals surface area contributed by atoms with Crippen molar-refractivity contribution in [2.75, 3.05) is 20.6 Å². The number of alkyl halides is 3. The highest BCUT2D eigenvalue weighted by Crippen LogP contribution is 2.29. The Kier molecular flexibility index (Phi) is 9.85. The van der Waals surface area contributed by atoms with Crippen LogP contribution in [0.4, 0.5) is 22.0 Å². The van der Waals surface area contributed by atoms with Crippen molar-refractivity contribution in [3.05, 3.63) is 75.3 Å². The second-order valence-corrected chi connectivity index (χ2v) is 8.78. The Balaban J connectivity index is 0.000000604. The molecule has 1 amide bonds. The van der Waals surface area contributed by atoms with Gasteiger partial charge in [-0.25, -0.2) is 14.3 Å². The van der Waals surface area contributed by atoms with Crippen LogP contribution in [0.3, 0.4) is 0 Å². The van der Waals surface area contributed by atoms with Gasteiger partial charge in [0.2, 0.25) is 0 Å². The van der Waals surface area contributed by atoms with E-state index in [4.69, 9.17) is 15.6 Å². The second-order valence-electron chi connectivity index (χ2n) is 7.62. The molecule has 0 saturated carbocycles. The molecule has 2 aromatic heterocycles. The molecule has 0 aliphatic carbocycles. The molecule has 0 atom stereocenters. The molecule has 2 heterocycles. The number of carboxylic acid groups (broad SMARTS) is 1. The van der Waals surface area contributed by atoms with Crippen LogP contribution in [0.5, 0.6) is 0 Å². The molecule has 0 spiro atoms. The summed E-state index contributed by atoms with van der Waals surface area (Å²) in [5.74, 6) is -2.84. The summed E-state index contributed by atoms with van der Waals surface area (Å²) in [5, 5.41) is 11.0. The van der Waals surface area contributed by atoms with Crippen LogP contribution < -0.4 is 11.4 Å². The number of hydrogen-bond donors (Lipinski definition) is 2. The summed E-state index contributed by atoms with van der Waals surface area (Å²) in [5.41, 5.74) is 5.97. The summed E-state index contributed by atoms with van der Waals surface area (Å²) in [6.07, 6.45) is -5.65. The van der Waals surface area contributed by atoms with Crippen LogP contribution >= 0.6 is 11.3 Å². The first-order chi connectivity index (χ1) is 17.2. The van der Waals surface area contributed by atoms with E-state index in [0.717, 1.165) is 20.0 Å². The summed E-state index contributed by atoms with van der Waals surface area (Å²) >= 11 is 1.48. The maximum absolute atomic E-state index is 12.8. The molecule has 1 aromatic carbocycles. The first-order valence-corrected chi connectivity index (χ1v) is 11.1. The third kappa shape index (κ3) is 8.08. The Morgan fingerprint density at radius 3 is 2.35 bits per heavy atom. The van der Waals surface area contributed by atoms with Gasteiger partial charge >= 0.3 is 17.8 Å². The number of benzene rings is 1. The van der Waals surface area contributed by atoms with Gasteiger partial charge in [0.15, 0.2) is 0 Å². The first kappa shape index (κ1) is 29.4. The number of nitrogens with zero attached hydrogens (tertiary/aromatic N) is 4. The number of amides is 1. The fraction of sp³-hybridized carbons (Fsp3) is 0.273. The number of aromatic nitrogens is 3. The van der Waals surface area contributed by atoms with Crippen molar-refractivity contribution in [1.29, 1.82) is 0 Å². The highest BCUT2D eigenvalue weighted by atomic mass is 32.1. The van der Waals surface area contributed by atoms with E-state index in [1.807, 2.05) is 30.3 Å². The van der Waals surface area contributed by atoms with Crippen molar-refractivity contribution >= 4 is 23.2 Å². The van der Waals surface area contributed by atoms with Crippen molar-refractivity contribution in [3.63, 3.8) is 0 Å². The lowest BCUT2D eigenvalue weighted by atomic mass is 10.1. The van der Waals surface area contributed by atoms with Crippen LogP contribution in [0.25, 0.3) is 10.4 Å². The monoisotopic (exact) mass is 547 g/mol. The van der Waals surface area contributed by atoms with Crippen molar-refractivity contribution < 1.29 is 36.6 Å². The van der Waals surface area contributed by atoms with Crippen LogP contribution in [0.15, 0.2) is 59.2 Å². The normalized spacial score (nSPS) is 10.9. The van der Waals surface area contributed by atoms with E-state index in [-0.39, 0.29) is 31.1 Å². The van der Waals surface area contributed by atoms with Gasteiger partial charge in [0.1, 0.15) is 6.33 Å². The number of carbonyl (C=O) groups excluding carboxylic acids is 1. The van der Waals surface area contributed by atoms with E-state index < -0.39 is 23.9 Å². The van der Waals surface area contributed by atoms with E-state index in [0.29, 0.717) is 5.56 Å². The van der Waals surface area contributed by atoms with E-state index in [2.05, 4.69) is 5.10 Å². The van der Waals surface area contributed by atoms with E-state index >= 15 is 0 Å². The van der Waals surface area contributed by atoms with Crippen LogP contribution in [-0.4, -0.2) is 63.0 Å². The van der Waals surface area contributed by atoms with E-state index in [1.54, 1.807) is 20.2 Å². The van der Waals surface area contributed by atoms with Crippen LogP contribution in [0.2, 0.25) is 0 Å². The van der Waals surface area contributed by atoms with Crippen molar-refractivity contribution in [2.24, 2.45) is 5.73 Å².